The van der Waals surface area contributed by atoms with E-state index in [9.17, 15) is 0 Å². The number of nitrogens with zero attached hydrogens (tertiary/aromatic N) is 2. The maximum Gasteiger partial charge on any atom is 0.204 e. The Hall–Kier alpha value is -1.39. The molecule has 0 saturated heterocycles. The number of hydrogen-bond acceptors (Lipinski definition) is 3. The van der Waals surface area contributed by atoms with Crippen molar-refractivity contribution in [3.63, 3.8) is 0 Å². The van der Waals surface area contributed by atoms with Gasteiger partial charge in [-0.25, -0.2) is 9.97 Å². The van der Waals surface area contributed by atoms with Crippen LogP contribution in [0.4, 0.5) is 0 Å². The van der Waals surface area contributed by atoms with Crippen LogP contribution < -0.4 is 5.73 Å². The summed E-state index contributed by atoms with van der Waals surface area (Å²) in [4.78, 5) is 17.2. The van der Waals surface area contributed by atoms with Gasteiger partial charge in [-0.05, 0) is 19.9 Å². The summed E-state index contributed by atoms with van der Waals surface area (Å²) in [6.45, 7) is 3.93. The van der Waals surface area contributed by atoms with E-state index in [1.54, 1.807) is 0 Å². The van der Waals surface area contributed by atoms with Crippen LogP contribution in [0.15, 0.2) is 24.3 Å². The largest absolute Gasteiger partial charge is 0.372 e. The van der Waals surface area contributed by atoms with Crippen molar-refractivity contribution in [2.75, 3.05) is 0 Å². The van der Waals surface area contributed by atoms with E-state index in [4.69, 9.17) is 4.79 Å². The lowest BCUT2D eigenvalue weighted by atomic mass is 10.2. The highest BCUT2D eigenvalue weighted by atomic mass is 35.5. The number of carbonyl (C=O) groups excluding carboxylic acids is 1. The molecule has 0 bridgehead atoms. The van der Waals surface area contributed by atoms with E-state index in [-0.39, 0.29) is 31.2 Å². The molecular weight excluding hydrogens is 261 g/mol. The molecule has 2 N–H and O–H groups in total. The average Bonchev–Trinajstić information content (AvgIpc) is 2.18. The number of amides is 1. The molecule has 1 aromatic carbocycles. The average molecular weight is 276 g/mol. The van der Waals surface area contributed by atoms with Crippen LogP contribution in [-0.4, -0.2) is 16.4 Å². The minimum Gasteiger partial charge on any atom is -0.372 e. The predicted molar refractivity (Wildman–Crippen MR) is 73.8 cm³/mol. The first-order valence-electron chi connectivity index (χ1n) is 4.54. The van der Waals surface area contributed by atoms with Gasteiger partial charge in [0.25, 0.3) is 0 Å². The Labute approximate surface area is 112 Å². The van der Waals surface area contributed by atoms with Gasteiger partial charge in [-0.3, -0.25) is 4.79 Å². The normalized spacial score (nSPS) is 8.12. The van der Waals surface area contributed by atoms with Gasteiger partial charge in [-0.15, -0.1) is 24.8 Å². The van der Waals surface area contributed by atoms with E-state index >= 15 is 0 Å². The predicted octanol–water partition coefficient (Wildman–Crippen LogP) is 2.19. The van der Waals surface area contributed by atoms with Crippen LogP contribution in [0.3, 0.4) is 0 Å². The lowest BCUT2D eigenvalue weighted by Gasteiger charge is -2.00. The number of benzene rings is 1. The van der Waals surface area contributed by atoms with Gasteiger partial charge >= 0.3 is 0 Å². The number of primary amides is 1. The SMILES string of the molecule is Cc1nc(C)c2ccccc2n1.Cl.Cl.NC=O. The van der Waals surface area contributed by atoms with E-state index in [1.165, 1.54) is 0 Å². The summed E-state index contributed by atoms with van der Waals surface area (Å²) in [5.74, 6) is 0.839. The number of aryl methyl sites for hydroxylation is 2. The third kappa shape index (κ3) is 4.97. The number of halogens is 2. The monoisotopic (exact) mass is 275 g/mol. The lowest BCUT2D eigenvalue weighted by Crippen LogP contribution is -1.92. The lowest BCUT2D eigenvalue weighted by molar-refractivity contribution is -0.106. The van der Waals surface area contributed by atoms with E-state index < -0.39 is 0 Å². The van der Waals surface area contributed by atoms with E-state index in [0.717, 1.165) is 22.4 Å². The van der Waals surface area contributed by atoms with Crippen LogP contribution in [-0.2, 0) is 4.79 Å². The number of fused-ring (bicyclic) bond motifs is 1. The summed E-state index contributed by atoms with van der Waals surface area (Å²) < 4.78 is 0. The molecule has 0 aliphatic rings. The zero-order valence-electron chi connectivity index (χ0n) is 9.58. The van der Waals surface area contributed by atoms with Gasteiger partial charge < -0.3 is 5.73 Å². The van der Waals surface area contributed by atoms with Crippen molar-refractivity contribution in [3.05, 3.63) is 35.8 Å². The van der Waals surface area contributed by atoms with Gasteiger partial charge in [-0.1, -0.05) is 18.2 Å². The molecule has 0 radical (unpaired) electrons. The summed E-state index contributed by atoms with van der Waals surface area (Å²) in [5, 5.41) is 1.14. The van der Waals surface area contributed by atoms with E-state index in [2.05, 4.69) is 15.7 Å². The van der Waals surface area contributed by atoms with Crippen LogP contribution in [0.5, 0.6) is 0 Å². The van der Waals surface area contributed by atoms with Gasteiger partial charge in [-0.2, -0.15) is 0 Å². The molecule has 1 amide bonds. The van der Waals surface area contributed by atoms with Crippen molar-refractivity contribution in [2.45, 2.75) is 13.8 Å². The Bertz CT molecular complexity index is 477. The number of rotatable bonds is 0. The Morgan fingerprint density at radius 2 is 1.65 bits per heavy atom. The summed E-state index contributed by atoms with van der Waals surface area (Å²) in [6, 6.07) is 8.06. The smallest absolute Gasteiger partial charge is 0.204 e. The Morgan fingerprint density at radius 3 is 2.24 bits per heavy atom. The topological polar surface area (TPSA) is 68.9 Å². The molecule has 6 heteroatoms. The van der Waals surface area contributed by atoms with Crippen LogP contribution in [0.2, 0.25) is 0 Å². The molecule has 0 aliphatic heterocycles. The molecule has 0 unspecified atom stereocenters. The van der Waals surface area contributed by atoms with Crippen molar-refractivity contribution in [1.29, 1.82) is 0 Å². The standard InChI is InChI=1S/C10H10N2.CH3NO.2ClH/c1-7-9-5-3-4-6-10(9)12-8(2)11-7;2-1-3;;/h3-6H,1-2H3;1H,(H2,2,3);2*1H. The third-order valence-electron chi connectivity index (χ3n) is 1.91. The molecule has 1 heterocycles. The fourth-order valence-electron chi connectivity index (χ4n) is 1.38. The maximum atomic E-state index is 8.58. The van der Waals surface area contributed by atoms with E-state index in [0.29, 0.717) is 0 Å². The van der Waals surface area contributed by atoms with Crippen LogP contribution in [0.25, 0.3) is 10.9 Å². The second-order valence-electron chi connectivity index (χ2n) is 3.01. The van der Waals surface area contributed by atoms with Gasteiger partial charge in [0, 0.05) is 11.1 Å². The molecule has 0 spiro atoms. The third-order valence-corrected chi connectivity index (χ3v) is 1.91. The minimum atomic E-state index is 0. The number of hydrogen-bond donors (Lipinski definition) is 1. The van der Waals surface area contributed by atoms with Crippen molar-refractivity contribution < 1.29 is 4.79 Å². The van der Waals surface area contributed by atoms with Crippen LogP contribution in [0.1, 0.15) is 11.5 Å². The first kappa shape index (κ1) is 18.0. The molecular formula is C11H15Cl2N3O. The minimum absolute atomic E-state index is 0. The first-order chi connectivity index (χ1) is 7.19. The number of nitrogens with two attached hydrogens (primary N) is 1. The van der Waals surface area contributed by atoms with Gasteiger partial charge in [0.1, 0.15) is 5.82 Å². The number of para-hydroxylation sites is 1. The maximum absolute atomic E-state index is 8.58. The first-order valence-corrected chi connectivity index (χ1v) is 4.54. The fourth-order valence-corrected chi connectivity index (χ4v) is 1.38. The molecule has 94 valence electrons. The Morgan fingerprint density at radius 1 is 1.12 bits per heavy atom. The highest BCUT2D eigenvalue weighted by Gasteiger charge is 1.98. The highest BCUT2D eigenvalue weighted by Crippen LogP contribution is 2.13. The zero-order valence-corrected chi connectivity index (χ0v) is 11.2. The molecule has 2 aromatic rings. The van der Waals surface area contributed by atoms with Crippen molar-refractivity contribution >= 4 is 42.1 Å². The van der Waals surface area contributed by atoms with Gasteiger partial charge in [0.05, 0.1) is 5.52 Å². The number of aromatic nitrogens is 2. The van der Waals surface area contributed by atoms with Crippen LogP contribution in [0, 0.1) is 13.8 Å². The number of carbonyl (C=O) groups is 1. The molecule has 0 saturated carbocycles. The van der Waals surface area contributed by atoms with Crippen molar-refractivity contribution in [3.8, 4) is 0 Å². The summed E-state index contributed by atoms with van der Waals surface area (Å²) in [7, 11) is 0. The summed E-state index contributed by atoms with van der Waals surface area (Å²) in [5.41, 5.74) is 6.25. The molecule has 17 heavy (non-hydrogen) atoms. The quantitative estimate of drug-likeness (QED) is 0.750. The second kappa shape index (κ2) is 8.73. The summed E-state index contributed by atoms with van der Waals surface area (Å²) in [6.07, 6.45) is 0.250. The van der Waals surface area contributed by atoms with Gasteiger partial charge in [0.15, 0.2) is 0 Å². The second-order valence-corrected chi connectivity index (χ2v) is 3.01. The fraction of sp³-hybridized carbons (Fsp3) is 0.182. The van der Waals surface area contributed by atoms with Crippen LogP contribution >= 0.6 is 24.8 Å². The molecule has 0 atom stereocenters. The highest BCUT2D eigenvalue weighted by molar-refractivity contribution is 5.85. The Balaban J connectivity index is 0. The van der Waals surface area contributed by atoms with E-state index in [1.807, 2.05) is 38.1 Å². The zero-order chi connectivity index (χ0) is 11.3. The van der Waals surface area contributed by atoms with Crippen molar-refractivity contribution in [2.24, 2.45) is 5.73 Å². The molecule has 2 rings (SSSR count). The molecule has 0 aliphatic carbocycles. The Kier molecular flexibility index (Phi) is 9.23. The van der Waals surface area contributed by atoms with Crippen molar-refractivity contribution in [1.82, 2.24) is 9.97 Å². The van der Waals surface area contributed by atoms with Gasteiger partial charge in [0.2, 0.25) is 6.41 Å². The molecule has 1 aromatic heterocycles. The summed E-state index contributed by atoms with van der Waals surface area (Å²) >= 11 is 0. The molecule has 4 nitrogen and oxygen atoms in total. The molecule has 0 fully saturated rings.